The summed E-state index contributed by atoms with van der Waals surface area (Å²) >= 11 is 5.83. The summed E-state index contributed by atoms with van der Waals surface area (Å²) in [5, 5.41) is 3.87. The van der Waals surface area contributed by atoms with Gasteiger partial charge in [0.1, 0.15) is 5.15 Å². The third kappa shape index (κ3) is 2.58. The second kappa shape index (κ2) is 4.77. The van der Waals surface area contributed by atoms with E-state index in [0.717, 1.165) is 13.1 Å². The van der Waals surface area contributed by atoms with E-state index in [0.29, 0.717) is 17.1 Å². The lowest BCUT2D eigenvalue weighted by Crippen LogP contribution is -2.44. The Morgan fingerprint density at radius 3 is 3.13 bits per heavy atom. The molecule has 1 fully saturated rings. The number of likely N-dealkylation sites (N-methyl/N-ethyl adjacent to an activating group) is 1. The van der Waals surface area contributed by atoms with Crippen LogP contribution < -0.4 is 10.2 Å². The molecule has 2 rings (SSSR count). The van der Waals surface area contributed by atoms with Crippen LogP contribution in [-0.4, -0.2) is 36.1 Å². The minimum atomic E-state index is 0.470. The number of anilines is 1. The van der Waals surface area contributed by atoms with E-state index in [9.17, 15) is 0 Å². The zero-order chi connectivity index (χ0) is 10.7. The Morgan fingerprint density at radius 1 is 1.60 bits per heavy atom. The van der Waals surface area contributed by atoms with Crippen molar-refractivity contribution < 1.29 is 0 Å². The molecule has 1 saturated heterocycles. The third-order valence-electron chi connectivity index (χ3n) is 2.74. The fourth-order valence-electron chi connectivity index (χ4n) is 1.82. The van der Waals surface area contributed by atoms with Crippen LogP contribution in [0.5, 0.6) is 0 Å². The number of rotatable bonds is 2. The zero-order valence-electron chi connectivity index (χ0n) is 8.78. The number of aromatic nitrogens is 2. The minimum absolute atomic E-state index is 0.470. The van der Waals surface area contributed by atoms with Crippen molar-refractivity contribution in [1.29, 1.82) is 0 Å². The molecule has 1 aromatic rings. The highest BCUT2D eigenvalue weighted by Crippen LogP contribution is 2.15. The first-order valence-corrected chi connectivity index (χ1v) is 5.57. The summed E-state index contributed by atoms with van der Waals surface area (Å²) in [6.07, 6.45) is 4.08. The minimum Gasteiger partial charge on any atom is -0.340 e. The molecule has 0 aliphatic carbocycles. The quantitative estimate of drug-likeness (QED) is 0.773. The van der Waals surface area contributed by atoms with Gasteiger partial charge in [0.25, 0.3) is 0 Å². The summed E-state index contributed by atoms with van der Waals surface area (Å²) in [4.78, 5) is 10.5. The van der Waals surface area contributed by atoms with Gasteiger partial charge >= 0.3 is 0 Å². The van der Waals surface area contributed by atoms with Crippen molar-refractivity contribution in [2.24, 2.45) is 0 Å². The Balaban J connectivity index is 2.08. The van der Waals surface area contributed by atoms with Crippen LogP contribution in [0.25, 0.3) is 0 Å². The standard InChI is InChI=1S/C10H15ClN4/c1-15(8-3-2-5-12-7-8)10-13-6-4-9(11)14-10/h4,6,8,12H,2-3,5,7H2,1H3/t8-/m1/s1. The van der Waals surface area contributed by atoms with Gasteiger partial charge in [-0.2, -0.15) is 0 Å². The number of nitrogens with zero attached hydrogens (tertiary/aromatic N) is 3. The third-order valence-corrected chi connectivity index (χ3v) is 2.95. The van der Waals surface area contributed by atoms with Crippen molar-refractivity contribution in [3.8, 4) is 0 Å². The van der Waals surface area contributed by atoms with Crippen LogP contribution in [0.4, 0.5) is 5.95 Å². The Hall–Kier alpha value is -0.870. The molecule has 0 unspecified atom stereocenters. The van der Waals surface area contributed by atoms with E-state index >= 15 is 0 Å². The number of piperidine rings is 1. The van der Waals surface area contributed by atoms with Crippen LogP contribution in [0.2, 0.25) is 5.15 Å². The van der Waals surface area contributed by atoms with Crippen molar-refractivity contribution in [1.82, 2.24) is 15.3 Å². The van der Waals surface area contributed by atoms with Gasteiger partial charge in [-0.1, -0.05) is 11.6 Å². The molecule has 0 amide bonds. The van der Waals surface area contributed by atoms with Crippen molar-refractivity contribution in [2.45, 2.75) is 18.9 Å². The topological polar surface area (TPSA) is 41.1 Å². The predicted molar refractivity (Wildman–Crippen MR) is 61.3 cm³/mol. The lowest BCUT2D eigenvalue weighted by atomic mass is 10.1. The Morgan fingerprint density at radius 2 is 2.47 bits per heavy atom. The van der Waals surface area contributed by atoms with Gasteiger partial charge in [0.05, 0.1) is 0 Å². The first kappa shape index (κ1) is 10.6. The maximum Gasteiger partial charge on any atom is 0.226 e. The van der Waals surface area contributed by atoms with E-state index in [2.05, 4.69) is 20.2 Å². The summed E-state index contributed by atoms with van der Waals surface area (Å²) in [7, 11) is 2.02. The Bertz CT molecular complexity index is 325. The van der Waals surface area contributed by atoms with Gasteiger partial charge < -0.3 is 10.2 Å². The molecule has 0 saturated carbocycles. The number of hydrogen-bond acceptors (Lipinski definition) is 4. The average Bonchev–Trinajstić information content (AvgIpc) is 2.29. The lowest BCUT2D eigenvalue weighted by Gasteiger charge is -2.31. The summed E-state index contributed by atoms with van der Waals surface area (Å²) in [5.74, 6) is 0.705. The summed E-state index contributed by atoms with van der Waals surface area (Å²) in [5.41, 5.74) is 0. The second-order valence-corrected chi connectivity index (χ2v) is 4.18. The predicted octanol–water partition coefficient (Wildman–Crippen LogP) is 1.32. The molecule has 5 heteroatoms. The van der Waals surface area contributed by atoms with Gasteiger partial charge in [0, 0.05) is 25.8 Å². The van der Waals surface area contributed by atoms with Crippen LogP contribution >= 0.6 is 11.6 Å². The molecule has 15 heavy (non-hydrogen) atoms. The average molecular weight is 227 g/mol. The summed E-state index contributed by atoms with van der Waals surface area (Å²) in [6, 6.07) is 2.16. The monoisotopic (exact) mass is 226 g/mol. The summed E-state index contributed by atoms with van der Waals surface area (Å²) < 4.78 is 0. The van der Waals surface area contributed by atoms with Gasteiger partial charge in [-0.3, -0.25) is 0 Å². The first-order valence-electron chi connectivity index (χ1n) is 5.19. The zero-order valence-corrected chi connectivity index (χ0v) is 9.54. The highest BCUT2D eigenvalue weighted by atomic mass is 35.5. The Kier molecular flexibility index (Phi) is 3.38. The molecule has 0 bridgehead atoms. The van der Waals surface area contributed by atoms with E-state index in [1.165, 1.54) is 12.8 Å². The molecule has 1 aliphatic heterocycles. The number of hydrogen-bond donors (Lipinski definition) is 1. The van der Waals surface area contributed by atoms with Crippen LogP contribution in [0.1, 0.15) is 12.8 Å². The Labute approximate surface area is 94.7 Å². The van der Waals surface area contributed by atoms with Gasteiger partial charge in [0.15, 0.2) is 0 Å². The molecular weight excluding hydrogens is 212 g/mol. The lowest BCUT2D eigenvalue weighted by molar-refractivity contribution is 0.441. The van der Waals surface area contributed by atoms with Crippen molar-refractivity contribution in [3.63, 3.8) is 0 Å². The molecule has 82 valence electrons. The molecule has 1 aromatic heterocycles. The highest BCUT2D eigenvalue weighted by molar-refractivity contribution is 6.29. The van der Waals surface area contributed by atoms with Crippen molar-refractivity contribution >= 4 is 17.5 Å². The molecule has 1 aliphatic rings. The molecule has 0 aromatic carbocycles. The SMILES string of the molecule is CN(c1nccc(Cl)n1)[C@@H]1CCCNC1. The molecule has 2 heterocycles. The normalized spacial score (nSPS) is 21.3. The largest absolute Gasteiger partial charge is 0.340 e. The van der Waals surface area contributed by atoms with Gasteiger partial charge in [0.2, 0.25) is 5.95 Å². The van der Waals surface area contributed by atoms with Crippen molar-refractivity contribution in [2.75, 3.05) is 25.0 Å². The van der Waals surface area contributed by atoms with Crippen LogP contribution in [0, 0.1) is 0 Å². The maximum atomic E-state index is 5.83. The van der Waals surface area contributed by atoms with E-state index < -0.39 is 0 Å². The van der Waals surface area contributed by atoms with Crippen LogP contribution in [0.3, 0.4) is 0 Å². The maximum absolute atomic E-state index is 5.83. The number of nitrogens with one attached hydrogen (secondary N) is 1. The molecular formula is C10H15ClN4. The van der Waals surface area contributed by atoms with E-state index in [-0.39, 0.29) is 0 Å². The number of halogens is 1. The van der Waals surface area contributed by atoms with E-state index in [1.807, 2.05) is 7.05 Å². The smallest absolute Gasteiger partial charge is 0.226 e. The molecule has 4 nitrogen and oxygen atoms in total. The van der Waals surface area contributed by atoms with Crippen molar-refractivity contribution in [3.05, 3.63) is 17.4 Å². The van der Waals surface area contributed by atoms with E-state index in [4.69, 9.17) is 11.6 Å². The van der Waals surface area contributed by atoms with Gasteiger partial charge in [-0.15, -0.1) is 0 Å². The molecule has 0 spiro atoms. The van der Waals surface area contributed by atoms with Crippen LogP contribution in [-0.2, 0) is 0 Å². The van der Waals surface area contributed by atoms with E-state index in [1.54, 1.807) is 12.3 Å². The van der Waals surface area contributed by atoms with Gasteiger partial charge in [-0.25, -0.2) is 9.97 Å². The summed E-state index contributed by atoms with van der Waals surface area (Å²) in [6.45, 7) is 2.10. The van der Waals surface area contributed by atoms with Gasteiger partial charge in [-0.05, 0) is 25.5 Å². The van der Waals surface area contributed by atoms with Crippen LogP contribution in [0.15, 0.2) is 12.3 Å². The highest BCUT2D eigenvalue weighted by Gasteiger charge is 2.19. The fourth-order valence-corrected chi connectivity index (χ4v) is 1.96. The second-order valence-electron chi connectivity index (χ2n) is 3.79. The first-order chi connectivity index (χ1) is 7.27. The molecule has 1 N–H and O–H groups in total. The molecule has 1 atom stereocenters. The fraction of sp³-hybridized carbons (Fsp3) is 0.600. The molecule has 0 radical (unpaired) electrons.